The Kier molecular flexibility index (Phi) is 7.00. The summed E-state index contributed by atoms with van der Waals surface area (Å²) in [6, 6.07) is 10.7. The molecule has 0 saturated heterocycles. The van der Waals surface area contributed by atoms with Crippen LogP contribution in [0.3, 0.4) is 0 Å². The van der Waals surface area contributed by atoms with Crippen LogP contribution in [0.1, 0.15) is 18.1 Å². The molecular weight excluding hydrogens is 388 g/mol. The molecule has 3 rings (SSSR count). The Bertz CT molecular complexity index is 914. The van der Waals surface area contributed by atoms with Gasteiger partial charge in [0.25, 0.3) is 5.91 Å². The van der Waals surface area contributed by atoms with Crippen molar-refractivity contribution in [1.29, 1.82) is 0 Å². The van der Waals surface area contributed by atoms with E-state index in [1.165, 1.54) is 0 Å². The van der Waals surface area contributed by atoms with E-state index in [-0.39, 0.29) is 19.1 Å². The third-order valence-electron chi connectivity index (χ3n) is 4.79. The third-order valence-corrected chi connectivity index (χ3v) is 4.79. The van der Waals surface area contributed by atoms with Crippen molar-refractivity contribution in [1.82, 2.24) is 4.90 Å². The van der Waals surface area contributed by atoms with Crippen molar-refractivity contribution in [2.75, 3.05) is 39.3 Å². The van der Waals surface area contributed by atoms with Gasteiger partial charge in [0.05, 0.1) is 20.8 Å². The highest BCUT2D eigenvalue weighted by molar-refractivity contribution is 5.84. The number of carbonyl (C=O) groups excluding carboxylic acids is 2. The lowest BCUT2D eigenvalue weighted by molar-refractivity contribution is -0.134. The molecule has 8 nitrogen and oxygen atoms in total. The van der Waals surface area contributed by atoms with Crippen molar-refractivity contribution in [3.05, 3.63) is 47.5 Å². The summed E-state index contributed by atoms with van der Waals surface area (Å²) in [7, 11) is 3.20. The predicted octanol–water partition coefficient (Wildman–Crippen LogP) is 3.24. The van der Waals surface area contributed by atoms with E-state index in [1.54, 1.807) is 50.3 Å². The Labute approximate surface area is 175 Å². The van der Waals surface area contributed by atoms with Gasteiger partial charge in [-0.25, -0.2) is 4.79 Å². The molecule has 2 amide bonds. The van der Waals surface area contributed by atoms with Crippen molar-refractivity contribution in [2.45, 2.75) is 19.9 Å². The molecule has 0 saturated carbocycles. The van der Waals surface area contributed by atoms with Gasteiger partial charge < -0.3 is 23.8 Å². The van der Waals surface area contributed by atoms with E-state index in [0.717, 1.165) is 17.5 Å². The number of fused-ring (bicyclic) bond motifs is 1. The van der Waals surface area contributed by atoms with Crippen molar-refractivity contribution in [3.8, 4) is 17.2 Å². The van der Waals surface area contributed by atoms with Crippen LogP contribution in [0, 0.1) is 0 Å². The van der Waals surface area contributed by atoms with Crippen LogP contribution in [-0.2, 0) is 22.5 Å². The van der Waals surface area contributed by atoms with E-state index in [4.69, 9.17) is 18.9 Å². The number of methoxy groups -OCH3 is 2. The molecule has 1 heterocycles. The van der Waals surface area contributed by atoms with Gasteiger partial charge in [-0.15, -0.1) is 0 Å². The van der Waals surface area contributed by atoms with Crippen molar-refractivity contribution in [3.63, 3.8) is 0 Å². The fraction of sp³-hybridized carbons (Fsp3) is 0.364. The molecule has 2 aromatic rings. The minimum absolute atomic E-state index is 0.0918. The van der Waals surface area contributed by atoms with Crippen LogP contribution in [-0.4, -0.2) is 50.9 Å². The number of carbonyl (C=O) groups is 2. The quantitative estimate of drug-likeness (QED) is 0.749. The van der Waals surface area contributed by atoms with Crippen LogP contribution >= 0.6 is 0 Å². The third kappa shape index (κ3) is 5.14. The summed E-state index contributed by atoms with van der Waals surface area (Å²) in [6.07, 6.45) is 0.199. The number of amides is 2. The molecule has 0 radical (unpaired) electrons. The predicted molar refractivity (Wildman–Crippen MR) is 111 cm³/mol. The standard InChI is InChI=1S/C22H26N2O6/c1-4-29-22(26)23-17-6-5-7-18(12-17)30-14-21(25)24-9-8-15-10-19(27-2)20(28-3)11-16(15)13-24/h5-7,10-12H,4,8-9,13-14H2,1-3H3,(H,23,26). The highest BCUT2D eigenvalue weighted by atomic mass is 16.5. The first kappa shape index (κ1) is 21.3. The maximum absolute atomic E-state index is 12.7. The van der Waals surface area contributed by atoms with E-state index < -0.39 is 6.09 Å². The summed E-state index contributed by atoms with van der Waals surface area (Å²) >= 11 is 0. The second-order valence-electron chi connectivity index (χ2n) is 6.70. The Morgan fingerprint density at radius 1 is 1.07 bits per heavy atom. The molecule has 0 aliphatic carbocycles. The Hall–Kier alpha value is -3.42. The molecule has 0 bridgehead atoms. The van der Waals surface area contributed by atoms with Crippen molar-refractivity contribution >= 4 is 17.7 Å². The Morgan fingerprint density at radius 2 is 1.80 bits per heavy atom. The fourth-order valence-electron chi connectivity index (χ4n) is 3.28. The van der Waals surface area contributed by atoms with Crippen LogP contribution in [0.15, 0.2) is 36.4 Å². The molecule has 2 aromatic carbocycles. The van der Waals surface area contributed by atoms with Crippen molar-refractivity contribution in [2.24, 2.45) is 0 Å². The van der Waals surface area contributed by atoms with Crippen LogP contribution in [0.2, 0.25) is 0 Å². The van der Waals surface area contributed by atoms with Gasteiger partial charge in [0.1, 0.15) is 5.75 Å². The fourth-order valence-corrected chi connectivity index (χ4v) is 3.28. The minimum atomic E-state index is -0.537. The minimum Gasteiger partial charge on any atom is -0.493 e. The summed E-state index contributed by atoms with van der Waals surface area (Å²) in [6.45, 7) is 3.02. The number of rotatable bonds is 7. The number of hydrogen-bond donors (Lipinski definition) is 1. The first-order chi connectivity index (χ1) is 14.5. The summed E-state index contributed by atoms with van der Waals surface area (Å²) in [5.41, 5.74) is 2.72. The summed E-state index contributed by atoms with van der Waals surface area (Å²) in [5, 5.41) is 2.61. The molecule has 1 N–H and O–H groups in total. The van der Waals surface area contributed by atoms with Crippen LogP contribution in [0.4, 0.5) is 10.5 Å². The van der Waals surface area contributed by atoms with Crippen LogP contribution < -0.4 is 19.5 Å². The highest BCUT2D eigenvalue weighted by Crippen LogP contribution is 2.33. The lowest BCUT2D eigenvalue weighted by atomic mass is 9.99. The first-order valence-electron chi connectivity index (χ1n) is 9.72. The Balaban J connectivity index is 1.59. The highest BCUT2D eigenvalue weighted by Gasteiger charge is 2.23. The second kappa shape index (κ2) is 9.87. The molecule has 0 aromatic heterocycles. The number of ether oxygens (including phenoxy) is 4. The number of nitrogens with one attached hydrogen (secondary N) is 1. The summed E-state index contributed by atoms with van der Waals surface area (Å²) < 4.78 is 21.2. The van der Waals surface area contributed by atoms with Gasteiger partial charge in [-0.3, -0.25) is 10.1 Å². The van der Waals surface area contributed by atoms with E-state index in [1.807, 2.05) is 12.1 Å². The molecule has 30 heavy (non-hydrogen) atoms. The van der Waals surface area contributed by atoms with Crippen LogP contribution in [0.25, 0.3) is 0 Å². The monoisotopic (exact) mass is 414 g/mol. The van der Waals surface area contributed by atoms with Crippen LogP contribution in [0.5, 0.6) is 17.2 Å². The molecule has 0 unspecified atom stereocenters. The molecule has 160 valence electrons. The number of nitrogens with zero attached hydrogens (tertiary/aromatic N) is 1. The molecular formula is C22H26N2O6. The van der Waals surface area contributed by atoms with Gasteiger partial charge in [-0.1, -0.05) is 6.07 Å². The van der Waals surface area contributed by atoms with E-state index >= 15 is 0 Å². The van der Waals surface area contributed by atoms with Gasteiger partial charge >= 0.3 is 6.09 Å². The largest absolute Gasteiger partial charge is 0.493 e. The Morgan fingerprint density at radius 3 is 2.50 bits per heavy atom. The van der Waals surface area contributed by atoms with Crippen molar-refractivity contribution < 1.29 is 28.5 Å². The SMILES string of the molecule is CCOC(=O)Nc1cccc(OCC(=O)N2CCc3cc(OC)c(OC)cc3C2)c1. The van der Waals surface area contributed by atoms with Gasteiger partial charge in [0.15, 0.2) is 18.1 Å². The number of benzene rings is 2. The molecule has 1 aliphatic rings. The average Bonchev–Trinajstić information content (AvgIpc) is 2.76. The molecule has 0 spiro atoms. The molecule has 1 aliphatic heterocycles. The molecule has 8 heteroatoms. The summed E-state index contributed by atoms with van der Waals surface area (Å²) in [4.78, 5) is 26.0. The lowest BCUT2D eigenvalue weighted by Crippen LogP contribution is -2.38. The van der Waals surface area contributed by atoms with E-state index in [9.17, 15) is 9.59 Å². The zero-order valence-electron chi connectivity index (χ0n) is 17.4. The maximum atomic E-state index is 12.7. The van der Waals surface area contributed by atoms with Gasteiger partial charge in [0, 0.05) is 24.8 Å². The average molecular weight is 414 g/mol. The lowest BCUT2D eigenvalue weighted by Gasteiger charge is -2.29. The second-order valence-corrected chi connectivity index (χ2v) is 6.70. The molecule has 0 fully saturated rings. The van der Waals surface area contributed by atoms with Gasteiger partial charge in [-0.05, 0) is 48.7 Å². The van der Waals surface area contributed by atoms with Gasteiger partial charge in [0.2, 0.25) is 0 Å². The molecule has 0 atom stereocenters. The number of anilines is 1. The van der Waals surface area contributed by atoms with E-state index in [0.29, 0.717) is 36.0 Å². The first-order valence-corrected chi connectivity index (χ1v) is 9.72. The summed E-state index contributed by atoms with van der Waals surface area (Å²) in [5.74, 6) is 1.71. The number of hydrogen-bond acceptors (Lipinski definition) is 6. The van der Waals surface area contributed by atoms with E-state index in [2.05, 4.69) is 5.32 Å². The zero-order chi connectivity index (χ0) is 21.5. The smallest absolute Gasteiger partial charge is 0.411 e. The van der Waals surface area contributed by atoms with Gasteiger partial charge in [-0.2, -0.15) is 0 Å². The maximum Gasteiger partial charge on any atom is 0.411 e. The normalized spacial score (nSPS) is 12.6. The topological polar surface area (TPSA) is 86.3 Å². The zero-order valence-corrected chi connectivity index (χ0v) is 17.4.